The molecule has 60 heavy (non-hydrogen) atoms. The first kappa shape index (κ1) is 36.3. The van der Waals surface area contributed by atoms with Crippen molar-refractivity contribution in [3.05, 3.63) is 205 Å². The first-order chi connectivity index (χ1) is 29.7. The van der Waals surface area contributed by atoms with Gasteiger partial charge in [-0.3, -0.25) is 0 Å². The number of hydrogen-bond donors (Lipinski definition) is 0. The van der Waals surface area contributed by atoms with E-state index in [9.17, 15) is 0 Å². The van der Waals surface area contributed by atoms with E-state index in [4.69, 9.17) is 0 Å². The Morgan fingerprint density at radius 2 is 0.617 bits per heavy atom. The summed E-state index contributed by atoms with van der Waals surface area (Å²) in [6.45, 7) is 4.00. The van der Waals surface area contributed by atoms with E-state index in [1.807, 2.05) is 13.8 Å². The van der Waals surface area contributed by atoms with Gasteiger partial charge >= 0.3 is 0 Å². The zero-order chi connectivity index (χ0) is 40.2. The van der Waals surface area contributed by atoms with Crippen LogP contribution in [0.3, 0.4) is 0 Å². The Bertz CT molecular complexity index is 3040. The van der Waals surface area contributed by atoms with Crippen LogP contribution in [-0.4, -0.2) is 0 Å². The van der Waals surface area contributed by atoms with Gasteiger partial charge in [-0.05, 0) is 135 Å². The molecule has 0 heteroatoms. The van der Waals surface area contributed by atoms with Gasteiger partial charge in [0.25, 0.3) is 0 Å². The minimum Gasteiger partial charge on any atom is -0.0683 e. The summed E-state index contributed by atoms with van der Waals surface area (Å²) in [6.07, 6.45) is 6.23. The Kier molecular flexibility index (Phi) is 8.97. The quantitative estimate of drug-likeness (QED) is 0.167. The Balaban J connectivity index is 0.00000201. The van der Waals surface area contributed by atoms with Gasteiger partial charge in [-0.15, -0.1) is 0 Å². The lowest BCUT2D eigenvalue weighted by Crippen LogP contribution is -2.28. The van der Waals surface area contributed by atoms with Crippen molar-refractivity contribution in [1.82, 2.24) is 0 Å². The molecule has 1 saturated carbocycles. The fourth-order valence-corrected chi connectivity index (χ4v) is 11.0. The maximum absolute atomic E-state index is 2.58. The molecule has 0 N–H and O–H groups in total. The standard InChI is InChI=1S/C58H42.C2H6/c1-6-34-58(35-7-1)56-36-40(44-20-10-26-52-48(44)24-12-28-50(52)46-22-8-16-38-14-2-4-18-42(38)46)30-32-54(56)55-33-31-41(37-57(55)58)45-21-11-27-53-49(45)25-13-29-51(53)47-23-9-17-39-15-3-5-19-43(39)47;1-2/h2-5,8-33,36-37H,1,6-7,34-35H2;1-2H3. The van der Waals surface area contributed by atoms with Crippen LogP contribution < -0.4 is 0 Å². The molecule has 0 aromatic heterocycles. The lowest BCUT2D eigenvalue weighted by atomic mass is 9.67. The molecule has 0 nitrogen and oxygen atoms in total. The highest BCUT2D eigenvalue weighted by molar-refractivity contribution is 6.11. The molecule has 0 saturated heterocycles. The third-order valence-electron chi connectivity index (χ3n) is 13.7. The van der Waals surface area contributed by atoms with Gasteiger partial charge < -0.3 is 0 Å². The first-order valence-corrected chi connectivity index (χ1v) is 22.1. The third-order valence-corrected chi connectivity index (χ3v) is 13.7. The number of rotatable bonds is 4. The molecule has 2 aliphatic carbocycles. The van der Waals surface area contributed by atoms with Gasteiger partial charge in [0.15, 0.2) is 0 Å². The molecule has 0 amide bonds. The van der Waals surface area contributed by atoms with Crippen molar-refractivity contribution in [2.45, 2.75) is 51.4 Å². The largest absolute Gasteiger partial charge is 0.0683 e. The third kappa shape index (κ3) is 5.65. The molecule has 0 radical (unpaired) electrons. The maximum Gasteiger partial charge on any atom is 0.0215 e. The Morgan fingerprint density at radius 1 is 0.283 bits per heavy atom. The minimum atomic E-state index is 0.0202. The average molecular weight is 769 g/mol. The van der Waals surface area contributed by atoms with Crippen LogP contribution in [0.15, 0.2) is 194 Å². The SMILES string of the molecule is CC.c1ccc2c(-c3cccc4c(-c5ccc6c(c5)C5(CCCCC5)c5cc(-c7cccc8c(-c9cccc%10ccccc9%10)cccc78)ccc5-6)cccc34)cccc2c1. The first-order valence-electron chi connectivity index (χ1n) is 22.1. The molecule has 1 spiro atoms. The van der Waals surface area contributed by atoms with E-state index < -0.39 is 0 Å². The molecule has 2 aliphatic rings. The molecular formula is C60H48. The predicted molar refractivity (Wildman–Crippen MR) is 259 cm³/mol. The van der Waals surface area contributed by atoms with Crippen LogP contribution in [-0.2, 0) is 5.41 Å². The van der Waals surface area contributed by atoms with E-state index in [0.29, 0.717) is 0 Å². The number of hydrogen-bond acceptors (Lipinski definition) is 0. The van der Waals surface area contributed by atoms with Gasteiger partial charge in [0, 0.05) is 5.41 Å². The second-order valence-corrected chi connectivity index (χ2v) is 16.6. The summed E-state index contributed by atoms with van der Waals surface area (Å²) in [5.41, 5.74) is 16.3. The predicted octanol–water partition coefficient (Wildman–Crippen LogP) is 17.2. The van der Waals surface area contributed by atoms with Crippen LogP contribution in [0, 0.1) is 0 Å². The molecule has 10 aromatic carbocycles. The Labute approximate surface area is 353 Å². The maximum atomic E-state index is 2.58. The summed E-state index contributed by atoms with van der Waals surface area (Å²) >= 11 is 0. The lowest BCUT2D eigenvalue weighted by Gasteiger charge is -2.36. The molecule has 1 fully saturated rings. The zero-order valence-electron chi connectivity index (χ0n) is 34.5. The van der Waals surface area contributed by atoms with Crippen LogP contribution in [0.4, 0.5) is 0 Å². The number of fused-ring (bicyclic) bond motifs is 9. The van der Waals surface area contributed by atoms with Gasteiger partial charge in [-0.25, -0.2) is 0 Å². The highest BCUT2D eigenvalue weighted by Crippen LogP contribution is 2.57. The molecule has 0 unspecified atom stereocenters. The van der Waals surface area contributed by atoms with Gasteiger partial charge in [0.05, 0.1) is 0 Å². The summed E-state index contributed by atoms with van der Waals surface area (Å²) in [5, 5.41) is 10.4. The molecule has 0 aliphatic heterocycles. The molecule has 288 valence electrons. The fourth-order valence-electron chi connectivity index (χ4n) is 11.0. The van der Waals surface area contributed by atoms with E-state index >= 15 is 0 Å². The zero-order valence-corrected chi connectivity index (χ0v) is 34.5. The summed E-state index contributed by atoms with van der Waals surface area (Å²) in [7, 11) is 0. The van der Waals surface area contributed by atoms with E-state index in [-0.39, 0.29) is 5.41 Å². The summed E-state index contributed by atoms with van der Waals surface area (Å²) in [5.74, 6) is 0. The molecule has 0 bridgehead atoms. The summed E-state index contributed by atoms with van der Waals surface area (Å²) < 4.78 is 0. The van der Waals surface area contributed by atoms with Crippen LogP contribution in [0.2, 0.25) is 0 Å². The van der Waals surface area contributed by atoms with Gasteiger partial charge in [-0.1, -0.05) is 215 Å². The molecule has 0 heterocycles. The van der Waals surface area contributed by atoms with Crippen molar-refractivity contribution >= 4 is 43.1 Å². The molecule has 10 aromatic rings. The molecule has 0 atom stereocenters. The van der Waals surface area contributed by atoms with Gasteiger partial charge in [-0.2, -0.15) is 0 Å². The van der Waals surface area contributed by atoms with E-state index in [1.54, 1.807) is 0 Å². The van der Waals surface area contributed by atoms with Crippen molar-refractivity contribution in [3.8, 4) is 55.6 Å². The van der Waals surface area contributed by atoms with Crippen molar-refractivity contribution < 1.29 is 0 Å². The van der Waals surface area contributed by atoms with Crippen LogP contribution >= 0.6 is 0 Å². The van der Waals surface area contributed by atoms with Crippen LogP contribution in [0.5, 0.6) is 0 Å². The molecule has 12 rings (SSSR count). The van der Waals surface area contributed by atoms with Gasteiger partial charge in [0.2, 0.25) is 0 Å². The minimum absolute atomic E-state index is 0.0202. The topological polar surface area (TPSA) is 0 Å². The van der Waals surface area contributed by atoms with Gasteiger partial charge in [0.1, 0.15) is 0 Å². The Hall–Kier alpha value is -6.76. The second-order valence-electron chi connectivity index (χ2n) is 16.6. The smallest absolute Gasteiger partial charge is 0.0215 e. The van der Waals surface area contributed by atoms with Crippen molar-refractivity contribution in [3.63, 3.8) is 0 Å². The van der Waals surface area contributed by atoms with Crippen LogP contribution in [0.25, 0.3) is 98.7 Å². The Morgan fingerprint density at radius 3 is 1.07 bits per heavy atom. The van der Waals surface area contributed by atoms with Crippen LogP contribution in [0.1, 0.15) is 57.1 Å². The van der Waals surface area contributed by atoms with Crippen molar-refractivity contribution in [2.24, 2.45) is 0 Å². The molecular weight excluding hydrogens is 721 g/mol. The highest BCUT2D eigenvalue weighted by atomic mass is 14.5. The summed E-state index contributed by atoms with van der Waals surface area (Å²) in [6, 6.07) is 73.2. The highest BCUT2D eigenvalue weighted by Gasteiger charge is 2.44. The summed E-state index contributed by atoms with van der Waals surface area (Å²) in [4.78, 5) is 0. The lowest BCUT2D eigenvalue weighted by molar-refractivity contribution is 0.353. The fraction of sp³-hybridized carbons (Fsp3) is 0.133. The average Bonchev–Trinajstić information content (AvgIpc) is 3.58. The van der Waals surface area contributed by atoms with Crippen molar-refractivity contribution in [1.29, 1.82) is 0 Å². The second kappa shape index (κ2) is 14.8. The number of benzene rings is 10. The van der Waals surface area contributed by atoms with Crippen molar-refractivity contribution in [2.75, 3.05) is 0 Å². The van der Waals surface area contributed by atoms with E-state index in [2.05, 4.69) is 194 Å². The van der Waals surface area contributed by atoms with E-state index in [0.717, 1.165) is 0 Å². The normalized spacial score (nSPS) is 14.0. The van der Waals surface area contributed by atoms with E-state index in [1.165, 1.54) is 142 Å². The monoisotopic (exact) mass is 768 g/mol.